The SMILES string of the molecule is COc1ccc(OC)c(C(C)NCC(C)C#N)c1. The Hall–Kier alpha value is -1.73. The third-order valence-electron chi connectivity index (χ3n) is 2.85. The summed E-state index contributed by atoms with van der Waals surface area (Å²) in [6, 6.07) is 8.02. The van der Waals surface area contributed by atoms with Crippen LogP contribution >= 0.6 is 0 Å². The van der Waals surface area contributed by atoms with E-state index in [-0.39, 0.29) is 12.0 Å². The molecule has 0 amide bonds. The molecular formula is C14H20N2O2. The van der Waals surface area contributed by atoms with Gasteiger partial charge < -0.3 is 14.8 Å². The number of ether oxygens (including phenoxy) is 2. The fraction of sp³-hybridized carbons (Fsp3) is 0.500. The zero-order chi connectivity index (χ0) is 13.5. The van der Waals surface area contributed by atoms with Crippen LogP contribution in [0.2, 0.25) is 0 Å². The highest BCUT2D eigenvalue weighted by molar-refractivity contribution is 5.42. The summed E-state index contributed by atoms with van der Waals surface area (Å²) in [6.45, 7) is 4.59. The molecular weight excluding hydrogens is 228 g/mol. The predicted molar refractivity (Wildman–Crippen MR) is 70.7 cm³/mol. The van der Waals surface area contributed by atoms with Crippen LogP contribution in [-0.4, -0.2) is 20.8 Å². The van der Waals surface area contributed by atoms with Crippen LogP contribution in [0.3, 0.4) is 0 Å². The van der Waals surface area contributed by atoms with E-state index < -0.39 is 0 Å². The van der Waals surface area contributed by atoms with Gasteiger partial charge in [-0.3, -0.25) is 0 Å². The first-order chi connectivity index (χ1) is 8.62. The minimum atomic E-state index is -0.0101. The Morgan fingerprint density at radius 3 is 2.56 bits per heavy atom. The van der Waals surface area contributed by atoms with Gasteiger partial charge in [0, 0.05) is 18.2 Å². The standard InChI is InChI=1S/C14H20N2O2/c1-10(8-15)9-16-11(2)13-7-12(17-3)5-6-14(13)18-4/h5-7,10-11,16H,9H2,1-4H3. The lowest BCUT2D eigenvalue weighted by Crippen LogP contribution is -2.24. The van der Waals surface area contributed by atoms with Crippen LogP contribution in [0.25, 0.3) is 0 Å². The highest BCUT2D eigenvalue weighted by Crippen LogP contribution is 2.29. The van der Waals surface area contributed by atoms with Crippen molar-refractivity contribution in [1.82, 2.24) is 5.32 Å². The fourth-order valence-corrected chi connectivity index (χ4v) is 1.69. The van der Waals surface area contributed by atoms with Crippen molar-refractivity contribution in [2.75, 3.05) is 20.8 Å². The normalized spacial score (nSPS) is 13.5. The number of hydrogen-bond donors (Lipinski definition) is 1. The summed E-state index contributed by atoms with van der Waals surface area (Å²) in [7, 11) is 3.29. The average Bonchev–Trinajstić information content (AvgIpc) is 2.43. The molecule has 2 atom stereocenters. The van der Waals surface area contributed by atoms with Crippen molar-refractivity contribution in [1.29, 1.82) is 5.26 Å². The smallest absolute Gasteiger partial charge is 0.123 e. The third kappa shape index (κ3) is 3.64. The first-order valence-corrected chi connectivity index (χ1v) is 5.97. The van der Waals surface area contributed by atoms with Gasteiger partial charge in [-0.05, 0) is 32.0 Å². The van der Waals surface area contributed by atoms with Crippen LogP contribution in [0.5, 0.6) is 11.5 Å². The molecule has 4 nitrogen and oxygen atoms in total. The van der Waals surface area contributed by atoms with E-state index >= 15 is 0 Å². The maximum Gasteiger partial charge on any atom is 0.123 e. The van der Waals surface area contributed by atoms with Crippen molar-refractivity contribution in [3.8, 4) is 17.6 Å². The molecule has 1 rings (SSSR count). The van der Waals surface area contributed by atoms with E-state index in [1.54, 1.807) is 14.2 Å². The van der Waals surface area contributed by atoms with Gasteiger partial charge in [0.2, 0.25) is 0 Å². The fourth-order valence-electron chi connectivity index (χ4n) is 1.69. The molecule has 0 aliphatic carbocycles. The van der Waals surface area contributed by atoms with Crippen molar-refractivity contribution >= 4 is 0 Å². The number of nitrogens with one attached hydrogen (secondary N) is 1. The lowest BCUT2D eigenvalue weighted by molar-refractivity contribution is 0.390. The van der Waals surface area contributed by atoms with E-state index in [0.717, 1.165) is 17.1 Å². The van der Waals surface area contributed by atoms with Crippen LogP contribution in [0.15, 0.2) is 18.2 Å². The van der Waals surface area contributed by atoms with Gasteiger partial charge in [0.25, 0.3) is 0 Å². The molecule has 0 saturated carbocycles. The van der Waals surface area contributed by atoms with Crippen molar-refractivity contribution < 1.29 is 9.47 Å². The zero-order valence-corrected chi connectivity index (χ0v) is 11.4. The number of nitriles is 1. The Kier molecular flexibility index (Phi) is 5.47. The molecule has 1 aromatic rings. The van der Waals surface area contributed by atoms with E-state index in [2.05, 4.69) is 11.4 Å². The quantitative estimate of drug-likeness (QED) is 0.840. The molecule has 0 saturated heterocycles. The molecule has 0 radical (unpaired) electrons. The molecule has 1 aromatic carbocycles. The largest absolute Gasteiger partial charge is 0.497 e. The molecule has 18 heavy (non-hydrogen) atoms. The number of rotatable bonds is 6. The molecule has 2 unspecified atom stereocenters. The molecule has 0 aliphatic heterocycles. The second kappa shape index (κ2) is 6.87. The Balaban J connectivity index is 2.82. The Morgan fingerprint density at radius 1 is 1.28 bits per heavy atom. The Morgan fingerprint density at radius 2 is 2.00 bits per heavy atom. The maximum absolute atomic E-state index is 8.77. The average molecular weight is 248 g/mol. The summed E-state index contributed by atoms with van der Waals surface area (Å²) >= 11 is 0. The number of hydrogen-bond acceptors (Lipinski definition) is 4. The topological polar surface area (TPSA) is 54.3 Å². The summed E-state index contributed by atoms with van der Waals surface area (Å²) in [4.78, 5) is 0. The van der Waals surface area contributed by atoms with Crippen molar-refractivity contribution in [3.05, 3.63) is 23.8 Å². The molecule has 0 heterocycles. The van der Waals surface area contributed by atoms with Gasteiger partial charge in [0.1, 0.15) is 11.5 Å². The maximum atomic E-state index is 8.77. The summed E-state index contributed by atoms with van der Waals surface area (Å²) in [6.07, 6.45) is 0. The van der Waals surface area contributed by atoms with E-state index in [0.29, 0.717) is 6.54 Å². The molecule has 0 fully saturated rings. The van der Waals surface area contributed by atoms with Crippen LogP contribution in [-0.2, 0) is 0 Å². The first kappa shape index (κ1) is 14.3. The summed E-state index contributed by atoms with van der Waals surface area (Å²) in [5.41, 5.74) is 1.03. The van der Waals surface area contributed by atoms with Crippen molar-refractivity contribution in [2.45, 2.75) is 19.9 Å². The Bertz CT molecular complexity index is 426. The minimum absolute atomic E-state index is 0.0101. The van der Waals surface area contributed by atoms with Gasteiger partial charge in [-0.25, -0.2) is 0 Å². The lowest BCUT2D eigenvalue weighted by Gasteiger charge is -2.18. The molecule has 0 aromatic heterocycles. The van der Waals surface area contributed by atoms with Crippen molar-refractivity contribution in [3.63, 3.8) is 0 Å². The van der Waals surface area contributed by atoms with Gasteiger partial charge in [-0.15, -0.1) is 0 Å². The third-order valence-corrected chi connectivity index (χ3v) is 2.85. The predicted octanol–water partition coefficient (Wildman–Crippen LogP) is 2.51. The number of benzene rings is 1. The van der Waals surface area contributed by atoms with Crippen LogP contribution in [0.4, 0.5) is 0 Å². The monoisotopic (exact) mass is 248 g/mol. The van der Waals surface area contributed by atoms with E-state index in [9.17, 15) is 0 Å². The van der Waals surface area contributed by atoms with Gasteiger partial charge in [0.15, 0.2) is 0 Å². The summed E-state index contributed by atoms with van der Waals surface area (Å²) < 4.78 is 10.6. The zero-order valence-electron chi connectivity index (χ0n) is 11.4. The molecule has 0 aliphatic rings. The second-order valence-electron chi connectivity index (χ2n) is 4.27. The van der Waals surface area contributed by atoms with Gasteiger partial charge in [0.05, 0.1) is 26.2 Å². The molecule has 0 spiro atoms. The van der Waals surface area contributed by atoms with Gasteiger partial charge in [-0.1, -0.05) is 0 Å². The number of methoxy groups -OCH3 is 2. The van der Waals surface area contributed by atoms with Crippen LogP contribution in [0, 0.1) is 17.2 Å². The van der Waals surface area contributed by atoms with Crippen LogP contribution < -0.4 is 14.8 Å². The Labute approximate surface area is 109 Å². The summed E-state index contributed by atoms with van der Waals surface area (Å²) in [5, 5.41) is 12.1. The molecule has 0 bridgehead atoms. The lowest BCUT2D eigenvalue weighted by atomic mass is 10.1. The molecule has 4 heteroatoms. The first-order valence-electron chi connectivity index (χ1n) is 5.97. The summed E-state index contributed by atoms with van der Waals surface area (Å²) in [5.74, 6) is 1.61. The van der Waals surface area contributed by atoms with E-state index in [1.165, 1.54) is 0 Å². The van der Waals surface area contributed by atoms with Crippen molar-refractivity contribution in [2.24, 2.45) is 5.92 Å². The highest BCUT2D eigenvalue weighted by Gasteiger charge is 2.13. The second-order valence-corrected chi connectivity index (χ2v) is 4.27. The van der Waals surface area contributed by atoms with E-state index in [4.69, 9.17) is 14.7 Å². The molecule has 98 valence electrons. The molecule has 1 N–H and O–H groups in total. The number of nitrogens with zero attached hydrogens (tertiary/aromatic N) is 1. The minimum Gasteiger partial charge on any atom is -0.497 e. The van der Waals surface area contributed by atoms with Gasteiger partial charge >= 0.3 is 0 Å². The van der Waals surface area contributed by atoms with E-state index in [1.807, 2.05) is 32.0 Å². The highest BCUT2D eigenvalue weighted by atomic mass is 16.5. The van der Waals surface area contributed by atoms with Gasteiger partial charge in [-0.2, -0.15) is 5.26 Å². The van der Waals surface area contributed by atoms with Crippen LogP contribution in [0.1, 0.15) is 25.5 Å².